The first-order valence-corrected chi connectivity index (χ1v) is 66.0. The van der Waals surface area contributed by atoms with Crippen molar-refractivity contribution in [2.45, 2.75) is 517 Å². The standard InChI is InChI=1S/2C18H33O3PS.C16H31O3PS.C14H29O3PS.C12H25O3PS.C10H23O3PS.2Li.4Na/c19-23(20,21)18-13-7-12-17(14-18)22(15-8-3-1-4-9-15)16-10-5-2-6-11-16;19-23(20,21)18-13-11-17(12-14-18)22(15-7-3-1-4-8-15)16-9-5-2-6-10-16;1-14(12-13-21(17,18)19)20(15-8-4-2-5-9-15)16-10-6-3-7-11-16;1-11(2)9-18(10-12(3)4)13-6-5-7-14(8-13)19(15,16)17;1-9(2)16(10(3)4)11-6-5-7-12(8-11)17(13,14)15;1-8(2)14(9(3)4)10(5)6-7-15(11,12)13;;;;;;/h2*15-18H,1-14H2,(H,19,20,21);14-16H,2-13H2,1H3,(H,17,18,19);11-14H,5-10H2,1-4H3,(H,15,16,17);9-12H,5-8H2,1-4H3,(H,13,14,15);8-10H,6-7H2,1-5H3,(H,11,12,13);;;;;;/q;;;;;;6*+1/p-6. The van der Waals surface area contributed by atoms with E-state index in [0.717, 1.165) is 84.6 Å². The van der Waals surface area contributed by atoms with E-state index < -0.39 is 81.7 Å². The van der Waals surface area contributed by atoms with Crippen LogP contribution in [0, 0.1) is 11.8 Å². The second kappa shape index (κ2) is 67.7. The average molecular weight is 2000 g/mol. The van der Waals surface area contributed by atoms with Gasteiger partial charge in [0, 0.05) is 16.8 Å². The topological polar surface area (TPSA) is 343 Å². The van der Waals surface area contributed by atoms with E-state index in [-0.39, 0.29) is 215 Å². The summed E-state index contributed by atoms with van der Waals surface area (Å²) >= 11 is 0. The maximum Gasteiger partial charge on any atom is 1.00 e. The minimum absolute atomic E-state index is 0. The first kappa shape index (κ1) is 133. The summed E-state index contributed by atoms with van der Waals surface area (Å²) in [6.07, 6.45) is 58.0. The third-order valence-electron chi connectivity index (χ3n) is 28.0. The maximum absolute atomic E-state index is 11.6. The van der Waals surface area contributed by atoms with Crippen LogP contribution in [0.5, 0.6) is 0 Å². The van der Waals surface area contributed by atoms with Crippen LogP contribution in [-0.2, 0) is 60.7 Å². The van der Waals surface area contributed by atoms with E-state index in [0.29, 0.717) is 127 Å². The van der Waals surface area contributed by atoms with Crippen molar-refractivity contribution >= 4 is 108 Å². The summed E-state index contributed by atoms with van der Waals surface area (Å²) in [4.78, 5) is 0. The van der Waals surface area contributed by atoms with Gasteiger partial charge in [-0.1, -0.05) is 271 Å². The van der Waals surface area contributed by atoms with Gasteiger partial charge in [0.05, 0.1) is 76.5 Å². The van der Waals surface area contributed by atoms with Gasteiger partial charge in [0.1, 0.15) is 0 Å². The molecule has 8 atom stereocenters. The van der Waals surface area contributed by atoms with E-state index in [1.165, 1.54) is 211 Å². The Morgan fingerprint density at radius 1 is 0.258 bits per heavy atom. The van der Waals surface area contributed by atoms with E-state index >= 15 is 0 Å². The van der Waals surface area contributed by atoms with Gasteiger partial charge in [-0.25, -0.2) is 50.5 Å². The van der Waals surface area contributed by atoms with Crippen LogP contribution in [0.4, 0.5) is 0 Å². The largest absolute Gasteiger partial charge is 1.00 e. The van der Waals surface area contributed by atoms with Gasteiger partial charge < -0.3 is 27.3 Å². The van der Waals surface area contributed by atoms with Crippen molar-refractivity contribution < 1.29 is 234 Å². The first-order valence-electron chi connectivity index (χ1n) is 47.4. The fourth-order valence-corrected chi connectivity index (χ4v) is 53.6. The van der Waals surface area contributed by atoms with Gasteiger partial charge in [-0.3, -0.25) is 0 Å². The zero-order valence-corrected chi connectivity index (χ0v) is 100. The van der Waals surface area contributed by atoms with Gasteiger partial charge >= 0.3 is 156 Å². The molecule has 10 fully saturated rings. The molecule has 700 valence electrons. The number of hydrogen-bond donors (Lipinski definition) is 0. The van der Waals surface area contributed by atoms with Crippen molar-refractivity contribution in [3.63, 3.8) is 0 Å². The molecule has 0 bridgehead atoms. The summed E-state index contributed by atoms with van der Waals surface area (Å²) in [5, 5.41) is -2.41. The van der Waals surface area contributed by atoms with E-state index in [1.807, 2.05) is 0 Å². The molecule has 10 aliphatic rings. The van der Waals surface area contributed by atoms with Gasteiger partial charge in [0.15, 0.2) is 0 Å². The summed E-state index contributed by atoms with van der Waals surface area (Å²) in [5.74, 6) is 0.946. The summed E-state index contributed by atoms with van der Waals surface area (Å²) in [6.45, 7) is 30.8. The van der Waals surface area contributed by atoms with Crippen molar-refractivity contribution in [2.75, 3.05) is 23.8 Å². The monoisotopic (exact) mass is 2000 g/mol. The van der Waals surface area contributed by atoms with Gasteiger partial charge in [-0.2, -0.15) is 0 Å². The van der Waals surface area contributed by atoms with Gasteiger partial charge in [-0.15, -0.1) is 7.92 Å². The van der Waals surface area contributed by atoms with E-state index in [4.69, 9.17) is 0 Å². The molecule has 0 radical (unpaired) electrons. The molecule has 0 saturated heterocycles. The molecule has 0 aromatic rings. The molecule has 0 heterocycles. The minimum atomic E-state index is -4.09. The summed E-state index contributed by atoms with van der Waals surface area (Å²) < 4.78 is 200. The Kier molecular flexibility index (Phi) is 72.8. The quantitative estimate of drug-likeness (QED) is 0.0462. The molecule has 124 heavy (non-hydrogen) atoms. The summed E-state index contributed by atoms with van der Waals surface area (Å²) in [7, 11) is -25.1. The van der Waals surface area contributed by atoms with E-state index in [9.17, 15) is 77.8 Å². The molecule has 0 spiro atoms. The van der Waals surface area contributed by atoms with Gasteiger partial charge in [-0.05, 0) is 288 Å². The maximum atomic E-state index is 11.6. The van der Waals surface area contributed by atoms with Crippen molar-refractivity contribution in [2.24, 2.45) is 11.8 Å². The Bertz CT molecular complexity index is 3420. The predicted octanol–water partition coefficient (Wildman–Crippen LogP) is 5.85. The van der Waals surface area contributed by atoms with E-state index in [2.05, 4.69) is 96.9 Å². The van der Waals surface area contributed by atoms with Crippen molar-refractivity contribution in [1.82, 2.24) is 0 Å². The average Bonchev–Trinajstić information content (AvgIpc) is 0.798. The molecule has 0 aromatic heterocycles. The van der Waals surface area contributed by atoms with E-state index in [1.54, 1.807) is 0 Å². The zero-order chi connectivity index (χ0) is 87.9. The van der Waals surface area contributed by atoms with Crippen molar-refractivity contribution in [1.29, 1.82) is 0 Å². The zero-order valence-electron chi connectivity index (χ0n) is 82.0. The first-order chi connectivity index (χ1) is 55.2. The number of rotatable bonds is 30. The fourth-order valence-electron chi connectivity index (χ4n) is 23.0. The molecule has 0 aliphatic heterocycles. The SMILES string of the molecule is CC(C)CP(CC(C)C)C1CCCC(S(=O)(=O)[O-])C1.CC(C)P(C(C)C)C(C)CCS(=O)(=O)[O-].CC(C)P(C(C)C)C1CCCC(S(=O)(=O)[O-])C1.CC(CCS(=O)(=O)[O-])P(C1CCCCC1)C1CCCCC1.O=S(=O)([O-])C1CCC(P(C2CCCCC2)C2CCCCC2)CC1.O=S(=O)([O-])C1CCCC(P(C2CCCCC2)C2CCCCC2)C1.[Li+].[Li+].[Na+].[Na+].[Na+].[Na+]. The third-order valence-corrected chi connectivity index (χ3v) is 57.9. The Morgan fingerprint density at radius 3 is 0.774 bits per heavy atom. The second-order valence-electron chi connectivity index (χ2n) is 39.6. The van der Waals surface area contributed by atoms with Crippen molar-refractivity contribution in [3.8, 4) is 0 Å². The van der Waals surface area contributed by atoms with Crippen LogP contribution < -0.4 is 156 Å². The van der Waals surface area contributed by atoms with Crippen LogP contribution in [0.1, 0.15) is 405 Å². The Labute approximate surface area is 882 Å². The van der Waals surface area contributed by atoms with Gasteiger partial charge in [0.2, 0.25) is 0 Å². The van der Waals surface area contributed by atoms with Gasteiger partial charge in [0.25, 0.3) is 0 Å². The smallest absolute Gasteiger partial charge is 0.748 e. The predicted molar refractivity (Wildman–Crippen MR) is 503 cm³/mol. The second-order valence-corrected chi connectivity index (χ2v) is 68.9. The molecule has 10 saturated carbocycles. The Balaban J connectivity index is 0. The fraction of sp³-hybridized carbons (Fsp3) is 1.00. The van der Waals surface area contributed by atoms with Crippen LogP contribution >= 0.6 is 47.5 Å². The third kappa shape index (κ3) is 51.5. The van der Waals surface area contributed by atoms with Crippen LogP contribution in [0.15, 0.2) is 0 Å². The minimum Gasteiger partial charge on any atom is -0.748 e. The molecule has 0 N–H and O–H groups in total. The molecular weight excluding hydrogens is 1830 g/mol. The van der Waals surface area contributed by atoms with Crippen LogP contribution in [0.25, 0.3) is 0 Å². The number of hydrogen-bond acceptors (Lipinski definition) is 18. The van der Waals surface area contributed by atoms with Crippen molar-refractivity contribution in [3.05, 3.63) is 0 Å². The Hall–Kier alpha value is 7.23. The molecule has 10 rings (SSSR count). The molecule has 8 unspecified atom stereocenters. The summed E-state index contributed by atoms with van der Waals surface area (Å²) in [6, 6.07) is 0. The molecule has 0 amide bonds. The van der Waals surface area contributed by atoms with Crippen LogP contribution in [0.2, 0.25) is 0 Å². The summed E-state index contributed by atoms with van der Waals surface area (Å²) in [5.41, 5.74) is 10.7. The molecule has 10 aliphatic carbocycles. The molecular formula is C88H168Li2Na4O18P6S6. The van der Waals surface area contributed by atoms with Crippen LogP contribution in [0.3, 0.4) is 0 Å². The normalized spacial score (nSPS) is 25.5. The molecule has 18 nitrogen and oxygen atoms in total. The Morgan fingerprint density at radius 2 is 0.500 bits per heavy atom. The molecule has 36 heteroatoms. The van der Waals surface area contributed by atoms with Crippen LogP contribution in [-0.4, -0.2) is 213 Å². The molecule has 0 aromatic carbocycles.